The predicted molar refractivity (Wildman–Crippen MR) is 69.9 cm³/mol. The summed E-state index contributed by atoms with van der Waals surface area (Å²) in [5.74, 6) is -3.33. The van der Waals surface area contributed by atoms with E-state index >= 15 is 0 Å². The Morgan fingerprint density at radius 2 is 1.45 bits per heavy atom. The SMILES string of the molecule is CCOC(=O)C(C(=O)OCC)C(C)CCC(C#N)C#N. The van der Waals surface area contributed by atoms with Crippen LogP contribution in [0.15, 0.2) is 0 Å². The van der Waals surface area contributed by atoms with Gasteiger partial charge < -0.3 is 9.47 Å². The Bertz CT molecular complexity index is 376. The fraction of sp³-hybridized carbons (Fsp3) is 0.714. The molecule has 0 heterocycles. The summed E-state index contributed by atoms with van der Waals surface area (Å²) in [5, 5.41) is 17.4. The average molecular weight is 280 g/mol. The van der Waals surface area contributed by atoms with Crippen LogP contribution in [0.1, 0.15) is 33.6 Å². The Morgan fingerprint density at radius 3 is 1.80 bits per heavy atom. The number of ether oxygens (including phenoxy) is 2. The molecule has 0 aliphatic rings. The number of rotatable bonds is 8. The molecule has 0 amide bonds. The van der Waals surface area contributed by atoms with Crippen LogP contribution in [-0.4, -0.2) is 25.2 Å². The number of esters is 2. The van der Waals surface area contributed by atoms with Gasteiger partial charge in [-0.2, -0.15) is 10.5 Å². The molecule has 110 valence electrons. The maximum atomic E-state index is 11.8. The van der Waals surface area contributed by atoms with Gasteiger partial charge in [0, 0.05) is 0 Å². The minimum Gasteiger partial charge on any atom is -0.465 e. The summed E-state index contributed by atoms with van der Waals surface area (Å²) in [6.45, 7) is 5.39. The fourth-order valence-electron chi connectivity index (χ4n) is 1.78. The maximum Gasteiger partial charge on any atom is 0.320 e. The van der Waals surface area contributed by atoms with Crippen LogP contribution >= 0.6 is 0 Å². The van der Waals surface area contributed by atoms with Crippen molar-refractivity contribution in [3.63, 3.8) is 0 Å². The van der Waals surface area contributed by atoms with E-state index in [1.54, 1.807) is 20.8 Å². The van der Waals surface area contributed by atoms with E-state index in [0.29, 0.717) is 12.8 Å². The van der Waals surface area contributed by atoms with Gasteiger partial charge in [-0.3, -0.25) is 9.59 Å². The number of hydrogen-bond acceptors (Lipinski definition) is 6. The van der Waals surface area contributed by atoms with E-state index in [1.165, 1.54) is 0 Å². The molecule has 0 rings (SSSR count). The number of carbonyl (C=O) groups is 2. The highest BCUT2D eigenvalue weighted by Gasteiger charge is 2.35. The quantitative estimate of drug-likeness (QED) is 0.496. The predicted octanol–water partition coefficient (Wildman–Crippen LogP) is 1.81. The smallest absolute Gasteiger partial charge is 0.320 e. The zero-order valence-electron chi connectivity index (χ0n) is 12.1. The molecule has 1 unspecified atom stereocenters. The molecule has 0 aromatic rings. The molecule has 0 aliphatic heterocycles. The topological polar surface area (TPSA) is 100 Å². The van der Waals surface area contributed by atoms with Crippen LogP contribution in [0.4, 0.5) is 0 Å². The second-order valence-corrected chi connectivity index (χ2v) is 4.35. The lowest BCUT2D eigenvalue weighted by Gasteiger charge is -2.20. The zero-order chi connectivity index (χ0) is 15.5. The lowest BCUT2D eigenvalue weighted by atomic mass is 9.87. The fourth-order valence-corrected chi connectivity index (χ4v) is 1.78. The maximum absolute atomic E-state index is 11.8. The minimum atomic E-state index is -1.01. The van der Waals surface area contributed by atoms with Crippen molar-refractivity contribution in [3.05, 3.63) is 0 Å². The van der Waals surface area contributed by atoms with Gasteiger partial charge >= 0.3 is 11.9 Å². The lowest BCUT2D eigenvalue weighted by molar-refractivity contribution is -0.164. The molecule has 0 saturated heterocycles. The summed E-state index contributed by atoms with van der Waals surface area (Å²) >= 11 is 0. The van der Waals surface area contributed by atoms with Gasteiger partial charge in [0.25, 0.3) is 0 Å². The number of carbonyl (C=O) groups excluding carboxylic acids is 2. The third-order valence-corrected chi connectivity index (χ3v) is 2.87. The first-order chi connectivity index (χ1) is 9.51. The minimum absolute atomic E-state index is 0.181. The van der Waals surface area contributed by atoms with Crippen LogP contribution in [0.3, 0.4) is 0 Å². The molecule has 6 nitrogen and oxygen atoms in total. The van der Waals surface area contributed by atoms with Crippen molar-refractivity contribution >= 4 is 11.9 Å². The van der Waals surface area contributed by atoms with Crippen molar-refractivity contribution < 1.29 is 19.1 Å². The Kier molecular flexibility index (Phi) is 8.78. The van der Waals surface area contributed by atoms with E-state index in [1.807, 2.05) is 12.1 Å². The summed E-state index contributed by atoms with van der Waals surface area (Å²) < 4.78 is 9.76. The Morgan fingerprint density at radius 1 is 1.00 bits per heavy atom. The van der Waals surface area contributed by atoms with Crippen molar-refractivity contribution in [1.82, 2.24) is 0 Å². The number of nitrogens with zero attached hydrogens (tertiary/aromatic N) is 2. The van der Waals surface area contributed by atoms with E-state index in [-0.39, 0.29) is 19.1 Å². The van der Waals surface area contributed by atoms with Crippen molar-refractivity contribution in [3.8, 4) is 12.1 Å². The molecule has 0 saturated carbocycles. The summed E-state index contributed by atoms with van der Waals surface area (Å²) in [7, 11) is 0. The number of nitriles is 2. The number of hydrogen-bond donors (Lipinski definition) is 0. The van der Waals surface area contributed by atoms with Crippen molar-refractivity contribution in [1.29, 1.82) is 10.5 Å². The van der Waals surface area contributed by atoms with Crippen molar-refractivity contribution in [2.24, 2.45) is 17.8 Å². The van der Waals surface area contributed by atoms with Crippen LogP contribution < -0.4 is 0 Å². The average Bonchev–Trinajstić information content (AvgIpc) is 2.40. The van der Waals surface area contributed by atoms with Crippen molar-refractivity contribution in [2.75, 3.05) is 13.2 Å². The van der Waals surface area contributed by atoms with Crippen LogP contribution in [0.5, 0.6) is 0 Å². The van der Waals surface area contributed by atoms with Crippen LogP contribution in [0.25, 0.3) is 0 Å². The van der Waals surface area contributed by atoms with E-state index < -0.39 is 23.8 Å². The molecule has 0 fully saturated rings. The summed E-state index contributed by atoms with van der Waals surface area (Å²) in [6.07, 6.45) is 0.706. The molecule has 6 heteroatoms. The first kappa shape index (κ1) is 17.9. The molecule has 0 bridgehead atoms. The van der Waals surface area contributed by atoms with Crippen molar-refractivity contribution in [2.45, 2.75) is 33.6 Å². The first-order valence-corrected chi connectivity index (χ1v) is 6.64. The van der Waals surface area contributed by atoms with Gasteiger partial charge in [0.15, 0.2) is 5.92 Å². The first-order valence-electron chi connectivity index (χ1n) is 6.64. The monoisotopic (exact) mass is 280 g/mol. The second kappa shape index (κ2) is 9.80. The molecular weight excluding hydrogens is 260 g/mol. The molecule has 0 radical (unpaired) electrons. The molecule has 1 atom stereocenters. The molecule has 0 aliphatic carbocycles. The van der Waals surface area contributed by atoms with E-state index in [9.17, 15) is 9.59 Å². The van der Waals surface area contributed by atoms with Gasteiger partial charge in [0.05, 0.1) is 25.4 Å². The van der Waals surface area contributed by atoms with E-state index in [0.717, 1.165) is 0 Å². The van der Waals surface area contributed by atoms with Gasteiger partial charge in [-0.1, -0.05) is 6.92 Å². The highest BCUT2D eigenvalue weighted by Crippen LogP contribution is 2.22. The summed E-state index contributed by atoms with van der Waals surface area (Å²) in [5.41, 5.74) is 0. The van der Waals surface area contributed by atoms with Gasteiger partial charge in [-0.25, -0.2) is 0 Å². The Hall–Kier alpha value is -2.08. The third-order valence-electron chi connectivity index (χ3n) is 2.87. The summed E-state index contributed by atoms with van der Waals surface area (Å²) in [6, 6.07) is 3.72. The van der Waals surface area contributed by atoms with Gasteiger partial charge in [0.2, 0.25) is 0 Å². The molecular formula is C14H20N2O4. The largest absolute Gasteiger partial charge is 0.465 e. The second-order valence-electron chi connectivity index (χ2n) is 4.35. The highest BCUT2D eigenvalue weighted by molar-refractivity contribution is 5.95. The molecule has 0 aromatic heterocycles. The molecule has 0 spiro atoms. The van der Waals surface area contributed by atoms with Crippen LogP contribution in [0.2, 0.25) is 0 Å². The Balaban J connectivity index is 4.77. The molecule has 0 N–H and O–H groups in total. The van der Waals surface area contributed by atoms with Gasteiger partial charge in [0.1, 0.15) is 5.92 Å². The summed E-state index contributed by atoms with van der Waals surface area (Å²) in [4.78, 5) is 23.7. The third kappa shape index (κ3) is 5.71. The van der Waals surface area contributed by atoms with E-state index in [4.69, 9.17) is 20.0 Å². The lowest BCUT2D eigenvalue weighted by Crippen LogP contribution is -2.33. The zero-order valence-corrected chi connectivity index (χ0v) is 12.1. The van der Waals surface area contributed by atoms with Gasteiger partial charge in [-0.15, -0.1) is 0 Å². The van der Waals surface area contributed by atoms with Crippen LogP contribution in [-0.2, 0) is 19.1 Å². The normalized spacial score (nSPS) is 11.6. The molecule has 20 heavy (non-hydrogen) atoms. The Labute approximate surface area is 119 Å². The standard InChI is InChI=1S/C14H20N2O4/c1-4-19-13(17)12(14(18)20-5-2)10(3)6-7-11(8-15)9-16/h10-12H,4-7H2,1-3H3. The van der Waals surface area contributed by atoms with Gasteiger partial charge in [-0.05, 0) is 32.6 Å². The van der Waals surface area contributed by atoms with E-state index in [2.05, 4.69) is 0 Å². The highest BCUT2D eigenvalue weighted by atomic mass is 16.6. The molecule has 0 aromatic carbocycles. The van der Waals surface area contributed by atoms with Crippen LogP contribution in [0, 0.1) is 40.4 Å².